The largest absolute Gasteiger partial charge is 0.325 e. The molecule has 2 aromatic rings. The molecule has 2 N–H and O–H groups in total. The Bertz CT molecular complexity index is 905. The van der Waals surface area contributed by atoms with Crippen molar-refractivity contribution in [3.8, 4) is 0 Å². The minimum Gasteiger partial charge on any atom is -0.325 e. The van der Waals surface area contributed by atoms with Crippen molar-refractivity contribution in [2.75, 3.05) is 16.3 Å². The number of benzene rings is 2. The van der Waals surface area contributed by atoms with Gasteiger partial charge < -0.3 is 5.32 Å². The van der Waals surface area contributed by atoms with E-state index in [4.69, 9.17) is 11.6 Å². The van der Waals surface area contributed by atoms with Crippen LogP contribution >= 0.6 is 11.6 Å². The molecule has 0 spiro atoms. The summed E-state index contributed by atoms with van der Waals surface area (Å²) in [5, 5.41) is 3.60. The van der Waals surface area contributed by atoms with Gasteiger partial charge in [0.1, 0.15) is 0 Å². The standard InChI is InChI=1S/C19H21ClN2O3S/c1-26(24,25)22-17-9-7-16(8-10-17)21-18(23)19(11-2-3-12-19)14-5-4-6-15(20)13-14/h4-10,13,22H,2-3,11-12H2,1H3,(H,21,23). The Kier molecular flexibility index (Phi) is 5.25. The Morgan fingerprint density at radius 2 is 1.65 bits per heavy atom. The van der Waals surface area contributed by atoms with Gasteiger partial charge >= 0.3 is 0 Å². The summed E-state index contributed by atoms with van der Waals surface area (Å²) in [7, 11) is -3.33. The maximum atomic E-state index is 13.1. The van der Waals surface area contributed by atoms with Gasteiger partial charge in [-0.05, 0) is 54.8 Å². The molecule has 1 amide bonds. The lowest BCUT2D eigenvalue weighted by Gasteiger charge is -2.28. The first-order chi connectivity index (χ1) is 12.3. The van der Waals surface area contributed by atoms with E-state index >= 15 is 0 Å². The molecule has 0 atom stereocenters. The highest BCUT2D eigenvalue weighted by atomic mass is 35.5. The molecule has 26 heavy (non-hydrogen) atoms. The molecular weight excluding hydrogens is 372 g/mol. The normalized spacial score (nSPS) is 16.2. The van der Waals surface area contributed by atoms with Crippen molar-refractivity contribution in [1.82, 2.24) is 0 Å². The summed E-state index contributed by atoms with van der Waals surface area (Å²) in [6, 6.07) is 14.1. The molecule has 3 rings (SSSR count). The highest BCUT2D eigenvalue weighted by molar-refractivity contribution is 7.92. The van der Waals surface area contributed by atoms with Crippen molar-refractivity contribution in [2.45, 2.75) is 31.1 Å². The van der Waals surface area contributed by atoms with Gasteiger partial charge in [0.15, 0.2) is 0 Å². The van der Waals surface area contributed by atoms with Crippen molar-refractivity contribution < 1.29 is 13.2 Å². The zero-order chi connectivity index (χ0) is 18.8. The van der Waals surface area contributed by atoms with Crippen LogP contribution in [0.2, 0.25) is 5.02 Å². The summed E-state index contributed by atoms with van der Waals surface area (Å²) >= 11 is 6.13. The zero-order valence-electron chi connectivity index (χ0n) is 14.5. The molecule has 5 nitrogen and oxygen atoms in total. The molecule has 0 aliphatic heterocycles. The molecule has 0 aromatic heterocycles. The van der Waals surface area contributed by atoms with Gasteiger partial charge in [-0.2, -0.15) is 0 Å². The van der Waals surface area contributed by atoms with Crippen LogP contribution in [0.15, 0.2) is 48.5 Å². The zero-order valence-corrected chi connectivity index (χ0v) is 16.0. The van der Waals surface area contributed by atoms with E-state index < -0.39 is 15.4 Å². The molecule has 0 unspecified atom stereocenters. The van der Waals surface area contributed by atoms with Crippen LogP contribution < -0.4 is 10.0 Å². The van der Waals surface area contributed by atoms with Gasteiger partial charge in [-0.15, -0.1) is 0 Å². The van der Waals surface area contributed by atoms with E-state index in [2.05, 4.69) is 10.0 Å². The number of carbonyl (C=O) groups is 1. The highest BCUT2D eigenvalue weighted by Gasteiger charge is 2.42. The first-order valence-corrected chi connectivity index (χ1v) is 10.7. The van der Waals surface area contributed by atoms with Crippen LogP contribution in [0.5, 0.6) is 0 Å². The quantitative estimate of drug-likeness (QED) is 0.802. The Labute approximate surface area is 158 Å². The first-order valence-electron chi connectivity index (χ1n) is 8.44. The Hall–Kier alpha value is -2.05. The number of rotatable bonds is 5. The molecule has 138 valence electrons. The van der Waals surface area contributed by atoms with Crippen LogP contribution in [-0.4, -0.2) is 20.6 Å². The Balaban J connectivity index is 1.81. The van der Waals surface area contributed by atoms with Gasteiger partial charge in [-0.25, -0.2) is 8.42 Å². The van der Waals surface area contributed by atoms with Crippen molar-refractivity contribution in [3.05, 3.63) is 59.1 Å². The second kappa shape index (κ2) is 7.29. The number of halogens is 1. The molecule has 1 aliphatic carbocycles. The van der Waals surface area contributed by atoms with E-state index in [1.54, 1.807) is 30.3 Å². The van der Waals surface area contributed by atoms with E-state index in [1.165, 1.54) is 0 Å². The lowest BCUT2D eigenvalue weighted by Crippen LogP contribution is -2.38. The molecule has 0 saturated heterocycles. The molecule has 1 aliphatic rings. The number of nitrogens with one attached hydrogen (secondary N) is 2. The molecule has 0 bridgehead atoms. The van der Waals surface area contributed by atoms with Crippen molar-refractivity contribution in [3.63, 3.8) is 0 Å². The molecule has 0 heterocycles. The molecule has 2 aromatic carbocycles. The van der Waals surface area contributed by atoms with Gasteiger partial charge in [0.25, 0.3) is 0 Å². The van der Waals surface area contributed by atoms with Crippen LogP contribution in [0.4, 0.5) is 11.4 Å². The number of hydrogen-bond acceptors (Lipinski definition) is 3. The summed E-state index contributed by atoms with van der Waals surface area (Å²) in [6.45, 7) is 0. The number of hydrogen-bond donors (Lipinski definition) is 2. The Morgan fingerprint density at radius 1 is 1.04 bits per heavy atom. The van der Waals surface area contributed by atoms with E-state index in [1.807, 2.05) is 18.2 Å². The fraction of sp³-hybridized carbons (Fsp3) is 0.316. The average Bonchev–Trinajstić information content (AvgIpc) is 3.06. The van der Waals surface area contributed by atoms with Gasteiger partial charge in [0.05, 0.1) is 11.7 Å². The number of anilines is 2. The summed E-state index contributed by atoms with van der Waals surface area (Å²) in [4.78, 5) is 13.1. The monoisotopic (exact) mass is 392 g/mol. The molecule has 1 fully saturated rings. The van der Waals surface area contributed by atoms with Crippen molar-refractivity contribution in [2.24, 2.45) is 0 Å². The van der Waals surface area contributed by atoms with Crippen LogP contribution in [0.1, 0.15) is 31.2 Å². The fourth-order valence-electron chi connectivity index (χ4n) is 3.50. The van der Waals surface area contributed by atoms with E-state index in [-0.39, 0.29) is 5.91 Å². The van der Waals surface area contributed by atoms with Crippen molar-refractivity contribution in [1.29, 1.82) is 0 Å². The van der Waals surface area contributed by atoms with Crippen LogP contribution in [0.25, 0.3) is 0 Å². The first kappa shape index (κ1) is 18.7. The number of carbonyl (C=O) groups excluding carboxylic acids is 1. The second-order valence-electron chi connectivity index (χ2n) is 6.71. The third-order valence-corrected chi connectivity index (χ3v) is 5.56. The smallest absolute Gasteiger partial charge is 0.235 e. The third kappa shape index (κ3) is 4.19. The van der Waals surface area contributed by atoms with Gasteiger partial charge in [0, 0.05) is 16.4 Å². The highest BCUT2D eigenvalue weighted by Crippen LogP contribution is 2.42. The van der Waals surface area contributed by atoms with Crippen LogP contribution in [-0.2, 0) is 20.2 Å². The van der Waals surface area contributed by atoms with Gasteiger partial charge in [-0.3, -0.25) is 9.52 Å². The van der Waals surface area contributed by atoms with Crippen LogP contribution in [0.3, 0.4) is 0 Å². The van der Waals surface area contributed by atoms with E-state index in [0.29, 0.717) is 16.4 Å². The molecule has 1 saturated carbocycles. The average molecular weight is 393 g/mol. The summed E-state index contributed by atoms with van der Waals surface area (Å²) < 4.78 is 24.9. The van der Waals surface area contributed by atoms with E-state index in [0.717, 1.165) is 37.5 Å². The maximum absolute atomic E-state index is 13.1. The second-order valence-corrected chi connectivity index (χ2v) is 8.89. The Morgan fingerprint density at radius 3 is 2.23 bits per heavy atom. The molecule has 0 radical (unpaired) electrons. The van der Waals surface area contributed by atoms with Crippen LogP contribution in [0, 0.1) is 0 Å². The number of amides is 1. The topological polar surface area (TPSA) is 75.3 Å². The maximum Gasteiger partial charge on any atom is 0.235 e. The van der Waals surface area contributed by atoms with Crippen molar-refractivity contribution >= 4 is 38.9 Å². The SMILES string of the molecule is CS(=O)(=O)Nc1ccc(NC(=O)C2(c3cccc(Cl)c3)CCCC2)cc1. The lowest BCUT2D eigenvalue weighted by molar-refractivity contribution is -0.121. The van der Waals surface area contributed by atoms with E-state index in [9.17, 15) is 13.2 Å². The molecule has 7 heteroatoms. The number of sulfonamides is 1. The summed E-state index contributed by atoms with van der Waals surface area (Å²) in [5.74, 6) is -0.0545. The summed E-state index contributed by atoms with van der Waals surface area (Å²) in [6.07, 6.45) is 4.66. The summed E-state index contributed by atoms with van der Waals surface area (Å²) in [5.41, 5.74) is 1.45. The minimum absolute atomic E-state index is 0.0545. The fourth-order valence-corrected chi connectivity index (χ4v) is 4.25. The van der Waals surface area contributed by atoms with Gasteiger partial charge in [-0.1, -0.05) is 36.6 Å². The van der Waals surface area contributed by atoms with Gasteiger partial charge in [0.2, 0.25) is 15.9 Å². The lowest BCUT2D eigenvalue weighted by atomic mass is 9.78. The molecular formula is C19H21ClN2O3S. The minimum atomic E-state index is -3.33. The predicted molar refractivity (Wildman–Crippen MR) is 105 cm³/mol. The third-order valence-electron chi connectivity index (χ3n) is 4.71. The predicted octanol–water partition coefficient (Wildman–Crippen LogP) is 4.16.